The molecule has 120 valence electrons. The van der Waals surface area contributed by atoms with Crippen LogP contribution in [0.4, 0.5) is 4.79 Å². The highest BCUT2D eigenvalue weighted by molar-refractivity contribution is 5.86. The molecule has 3 amide bonds. The number of carbonyl (C=O) groups excluding carboxylic acids is 2. The number of nitrogens with two attached hydrogens (primary N) is 1. The Morgan fingerprint density at radius 3 is 2.52 bits per heavy atom. The zero-order valence-corrected chi connectivity index (χ0v) is 12.6. The van der Waals surface area contributed by atoms with Crippen LogP contribution in [0.15, 0.2) is 0 Å². The molecule has 7 nitrogen and oxygen atoms in total. The maximum Gasteiger partial charge on any atom is 0.312 e. The summed E-state index contributed by atoms with van der Waals surface area (Å²) in [6.07, 6.45) is 3.05. The molecule has 1 rings (SSSR count). The second-order valence-electron chi connectivity index (χ2n) is 5.75. The Labute approximate surface area is 124 Å². The SMILES string of the molecule is CCC(C)C(NC(N)=O)C(=O)NCC1CCCC1C(=O)O. The first-order valence-electron chi connectivity index (χ1n) is 7.43. The van der Waals surface area contributed by atoms with Gasteiger partial charge in [-0.15, -0.1) is 0 Å². The summed E-state index contributed by atoms with van der Waals surface area (Å²) in [5, 5.41) is 14.3. The molecule has 1 aliphatic carbocycles. The molecule has 0 radical (unpaired) electrons. The first kappa shape index (κ1) is 17.3. The fourth-order valence-electron chi connectivity index (χ4n) is 2.80. The number of rotatable bonds is 7. The van der Waals surface area contributed by atoms with Crippen molar-refractivity contribution >= 4 is 17.9 Å². The van der Waals surface area contributed by atoms with E-state index in [4.69, 9.17) is 10.8 Å². The lowest BCUT2D eigenvalue weighted by molar-refractivity contribution is -0.143. The molecule has 4 atom stereocenters. The molecule has 0 saturated heterocycles. The average Bonchev–Trinajstić information content (AvgIpc) is 2.89. The molecule has 0 heterocycles. The van der Waals surface area contributed by atoms with Gasteiger partial charge in [0.2, 0.25) is 5.91 Å². The number of amides is 3. The first-order chi connectivity index (χ1) is 9.86. The van der Waals surface area contributed by atoms with Crippen molar-refractivity contribution in [3.8, 4) is 0 Å². The van der Waals surface area contributed by atoms with Crippen LogP contribution in [-0.2, 0) is 9.59 Å². The Balaban J connectivity index is 2.57. The Morgan fingerprint density at radius 1 is 1.33 bits per heavy atom. The van der Waals surface area contributed by atoms with E-state index in [1.54, 1.807) is 0 Å². The second kappa shape index (κ2) is 7.85. The zero-order valence-electron chi connectivity index (χ0n) is 12.6. The summed E-state index contributed by atoms with van der Waals surface area (Å²) in [6, 6.07) is -1.42. The van der Waals surface area contributed by atoms with Crippen molar-refractivity contribution < 1.29 is 19.5 Å². The van der Waals surface area contributed by atoms with Crippen molar-refractivity contribution in [2.45, 2.75) is 45.6 Å². The summed E-state index contributed by atoms with van der Waals surface area (Å²) in [7, 11) is 0. The van der Waals surface area contributed by atoms with Crippen molar-refractivity contribution in [3.05, 3.63) is 0 Å². The van der Waals surface area contributed by atoms with Crippen LogP contribution in [0.2, 0.25) is 0 Å². The predicted molar refractivity (Wildman–Crippen MR) is 77.4 cm³/mol. The summed E-state index contributed by atoms with van der Waals surface area (Å²) >= 11 is 0. The number of primary amides is 1. The molecule has 1 saturated carbocycles. The third-order valence-corrected chi connectivity index (χ3v) is 4.31. The molecule has 0 aromatic rings. The van der Waals surface area contributed by atoms with Crippen LogP contribution in [0, 0.1) is 17.8 Å². The van der Waals surface area contributed by atoms with Crippen LogP contribution < -0.4 is 16.4 Å². The van der Waals surface area contributed by atoms with E-state index in [1.807, 2.05) is 13.8 Å². The van der Waals surface area contributed by atoms with Crippen LogP contribution in [0.3, 0.4) is 0 Å². The third-order valence-electron chi connectivity index (χ3n) is 4.31. The molecular formula is C14H25N3O4. The lowest BCUT2D eigenvalue weighted by atomic mass is 9.95. The molecule has 1 fully saturated rings. The first-order valence-corrected chi connectivity index (χ1v) is 7.43. The van der Waals surface area contributed by atoms with E-state index in [9.17, 15) is 14.4 Å². The summed E-state index contributed by atoms with van der Waals surface area (Å²) < 4.78 is 0. The molecule has 0 aliphatic heterocycles. The van der Waals surface area contributed by atoms with Gasteiger partial charge in [-0.05, 0) is 24.7 Å². The van der Waals surface area contributed by atoms with Gasteiger partial charge < -0.3 is 21.5 Å². The highest BCUT2D eigenvalue weighted by atomic mass is 16.4. The maximum atomic E-state index is 12.2. The number of hydrogen-bond donors (Lipinski definition) is 4. The molecule has 0 bridgehead atoms. The molecule has 0 spiro atoms. The summed E-state index contributed by atoms with van der Waals surface area (Å²) in [5.74, 6) is -1.59. The molecule has 7 heteroatoms. The topological polar surface area (TPSA) is 122 Å². The van der Waals surface area contributed by atoms with Crippen molar-refractivity contribution in [2.24, 2.45) is 23.5 Å². The monoisotopic (exact) mass is 299 g/mol. The van der Waals surface area contributed by atoms with E-state index in [0.717, 1.165) is 19.3 Å². The van der Waals surface area contributed by atoms with E-state index >= 15 is 0 Å². The maximum absolute atomic E-state index is 12.2. The standard InChI is InChI=1S/C14H25N3O4/c1-3-8(2)11(17-14(15)21)12(18)16-7-9-5-4-6-10(9)13(19)20/h8-11H,3-7H2,1-2H3,(H,16,18)(H,19,20)(H3,15,17,21). The Bertz CT molecular complexity index is 400. The summed E-state index contributed by atoms with van der Waals surface area (Å²) in [5.41, 5.74) is 5.10. The van der Waals surface area contributed by atoms with Crippen LogP contribution in [-0.4, -0.2) is 35.6 Å². The Morgan fingerprint density at radius 2 is 2.00 bits per heavy atom. The van der Waals surface area contributed by atoms with Crippen LogP contribution in [0.25, 0.3) is 0 Å². The minimum absolute atomic E-state index is 0.0439. The van der Waals surface area contributed by atoms with E-state index < -0.39 is 24.0 Å². The lowest BCUT2D eigenvalue weighted by Crippen LogP contribution is -2.52. The van der Waals surface area contributed by atoms with E-state index in [-0.39, 0.29) is 17.7 Å². The van der Waals surface area contributed by atoms with Gasteiger partial charge in [0.1, 0.15) is 6.04 Å². The molecule has 4 unspecified atom stereocenters. The minimum Gasteiger partial charge on any atom is -0.481 e. The van der Waals surface area contributed by atoms with Crippen LogP contribution in [0.5, 0.6) is 0 Å². The average molecular weight is 299 g/mol. The smallest absolute Gasteiger partial charge is 0.312 e. The molecular weight excluding hydrogens is 274 g/mol. The lowest BCUT2D eigenvalue weighted by Gasteiger charge is -2.24. The Hall–Kier alpha value is -1.79. The van der Waals surface area contributed by atoms with Crippen molar-refractivity contribution in [1.82, 2.24) is 10.6 Å². The van der Waals surface area contributed by atoms with Gasteiger partial charge in [0.05, 0.1) is 5.92 Å². The van der Waals surface area contributed by atoms with Gasteiger partial charge in [0, 0.05) is 6.54 Å². The number of urea groups is 1. The summed E-state index contributed by atoms with van der Waals surface area (Å²) in [4.78, 5) is 34.3. The van der Waals surface area contributed by atoms with Gasteiger partial charge in [0.15, 0.2) is 0 Å². The second-order valence-corrected chi connectivity index (χ2v) is 5.75. The number of carboxylic acids is 1. The van der Waals surface area contributed by atoms with E-state index in [1.165, 1.54) is 0 Å². The third kappa shape index (κ3) is 4.91. The van der Waals surface area contributed by atoms with Gasteiger partial charge >= 0.3 is 12.0 Å². The van der Waals surface area contributed by atoms with Crippen LogP contribution in [0.1, 0.15) is 39.5 Å². The fraction of sp³-hybridized carbons (Fsp3) is 0.786. The molecule has 0 aromatic heterocycles. The van der Waals surface area contributed by atoms with Gasteiger partial charge in [-0.1, -0.05) is 26.7 Å². The summed E-state index contributed by atoms with van der Waals surface area (Å²) in [6.45, 7) is 4.10. The number of carboxylic acid groups (broad SMARTS) is 1. The number of nitrogens with one attached hydrogen (secondary N) is 2. The van der Waals surface area contributed by atoms with E-state index in [2.05, 4.69) is 10.6 Å². The zero-order chi connectivity index (χ0) is 16.0. The molecule has 0 aromatic carbocycles. The van der Waals surface area contributed by atoms with Gasteiger partial charge in [-0.2, -0.15) is 0 Å². The molecule has 5 N–H and O–H groups in total. The van der Waals surface area contributed by atoms with Gasteiger partial charge in [-0.25, -0.2) is 4.79 Å². The van der Waals surface area contributed by atoms with Gasteiger partial charge in [-0.3, -0.25) is 9.59 Å². The quantitative estimate of drug-likeness (QED) is 0.552. The minimum atomic E-state index is -0.805. The highest BCUT2D eigenvalue weighted by Crippen LogP contribution is 2.31. The Kier molecular flexibility index (Phi) is 6.45. The largest absolute Gasteiger partial charge is 0.481 e. The van der Waals surface area contributed by atoms with Crippen molar-refractivity contribution in [1.29, 1.82) is 0 Å². The van der Waals surface area contributed by atoms with Gasteiger partial charge in [0.25, 0.3) is 0 Å². The number of aliphatic carboxylic acids is 1. The fourth-order valence-corrected chi connectivity index (χ4v) is 2.80. The van der Waals surface area contributed by atoms with E-state index in [0.29, 0.717) is 13.0 Å². The number of carbonyl (C=O) groups is 3. The molecule has 1 aliphatic rings. The van der Waals surface area contributed by atoms with Crippen molar-refractivity contribution in [2.75, 3.05) is 6.54 Å². The highest BCUT2D eigenvalue weighted by Gasteiger charge is 2.34. The van der Waals surface area contributed by atoms with Crippen molar-refractivity contribution in [3.63, 3.8) is 0 Å². The van der Waals surface area contributed by atoms with Crippen LogP contribution >= 0.6 is 0 Å². The molecule has 21 heavy (non-hydrogen) atoms. The number of hydrogen-bond acceptors (Lipinski definition) is 3. The normalized spacial score (nSPS) is 24.1. The predicted octanol–water partition coefficient (Wildman–Crippen LogP) is 0.687.